The molecule has 0 atom stereocenters. The van der Waals surface area contributed by atoms with E-state index in [1.807, 2.05) is 13.8 Å². The minimum atomic E-state index is -0.526. The van der Waals surface area contributed by atoms with Gasteiger partial charge in [-0.2, -0.15) is 0 Å². The predicted octanol–water partition coefficient (Wildman–Crippen LogP) is 3.99. The number of halogens is 1. The SMILES string of the molecule is Cc1cc(Cl)cc(C)c1OCC(=O)OCc1ccc([N+](=O)[O-])cc1. The molecule has 0 aromatic heterocycles. The topological polar surface area (TPSA) is 78.7 Å². The lowest BCUT2D eigenvalue weighted by molar-refractivity contribution is -0.384. The number of carbonyl (C=O) groups is 1. The normalized spacial score (nSPS) is 10.3. The Morgan fingerprint density at radius 1 is 1.17 bits per heavy atom. The van der Waals surface area contributed by atoms with Gasteiger partial charge in [0.15, 0.2) is 6.61 Å². The summed E-state index contributed by atoms with van der Waals surface area (Å²) in [5.41, 5.74) is 2.32. The van der Waals surface area contributed by atoms with Crippen molar-refractivity contribution < 1.29 is 19.2 Å². The van der Waals surface area contributed by atoms with E-state index in [1.165, 1.54) is 12.1 Å². The molecule has 0 radical (unpaired) electrons. The Morgan fingerprint density at radius 3 is 2.29 bits per heavy atom. The molecule has 0 amide bonds. The fraction of sp³-hybridized carbons (Fsp3) is 0.235. The number of hydrogen-bond donors (Lipinski definition) is 0. The van der Waals surface area contributed by atoms with Gasteiger partial charge in [-0.15, -0.1) is 0 Å². The molecule has 0 unspecified atom stereocenters. The van der Waals surface area contributed by atoms with Gasteiger partial charge in [-0.25, -0.2) is 4.79 Å². The summed E-state index contributed by atoms with van der Waals surface area (Å²) < 4.78 is 10.6. The monoisotopic (exact) mass is 349 g/mol. The molecule has 0 saturated carbocycles. The van der Waals surface area contributed by atoms with Crippen molar-refractivity contribution in [1.29, 1.82) is 0 Å². The van der Waals surface area contributed by atoms with E-state index in [-0.39, 0.29) is 18.9 Å². The second kappa shape index (κ2) is 7.79. The van der Waals surface area contributed by atoms with Crippen LogP contribution < -0.4 is 4.74 Å². The number of benzene rings is 2. The molecule has 0 heterocycles. The van der Waals surface area contributed by atoms with Crippen molar-refractivity contribution in [3.63, 3.8) is 0 Å². The molecule has 24 heavy (non-hydrogen) atoms. The minimum Gasteiger partial charge on any atom is -0.481 e. The number of nitrogens with zero attached hydrogens (tertiary/aromatic N) is 1. The van der Waals surface area contributed by atoms with Crippen molar-refractivity contribution in [1.82, 2.24) is 0 Å². The highest BCUT2D eigenvalue weighted by Gasteiger charge is 2.10. The molecule has 0 N–H and O–H groups in total. The minimum absolute atomic E-state index is 0.0119. The van der Waals surface area contributed by atoms with Crippen LogP contribution in [0.2, 0.25) is 5.02 Å². The van der Waals surface area contributed by atoms with Gasteiger partial charge in [-0.1, -0.05) is 11.6 Å². The van der Waals surface area contributed by atoms with E-state index in [0.717, 1.165) is 11.1 Å². The van der Waals surface area contributed by atoms with E-state index in [9.17, 15) is 14.9 Å². The molecule has 0 bridgehead atoms. The molecule has 0 spiro atoms. The van der Waals surface area contributed by atoms with Gasteiger partial charge in [0, 0.05) is 17.2 Å². The standard InChI is InChI=1S/C17H16ClNO5/c1-11-7-14(18)8-12(2)17(11)24-10-16(20)23-9-13-3-5-15(6-4-13)19(21)22/h3-8H,9-10H2,1-2H3. The fourth-order valence-electron chi connectivity index (χ4n) is 2.18. The lowest BCUT2D eigenvalue weighted by Crippen LogP contribution is -2.15. The van der Waals surface area contributed by atoms with Crippen molar-refractivity contribution in [3.05, 3.63) is 68.2 Å². The zero-order chi connectivity index (χ0) is 17.7. The first kappa shape index (κ1) is 17.7. The number of rotatable bonds is 6. The van der Waals surface area contributed by atoms with Gasteiger partial charge >= 0.3 is 5.97 Å². The number of aryl methyl sites for hydroxylation is 2. The average molecular weight is 350 g/mol. The molecule has 0 saturated heterocycles. The maximum absolute atomic E-state index is 11.8. The van der Waals surface area contributed by atoms with Crippen LogP contribution in [0.4, 0.5) is 5.69 Å². The second-order valence-corrected chi connectivity index (χ2v) is 5.68. The third kappa shape index (κ3) is 4.70. The molecule has 0 aliphatic rings. The Hall–Kier alpha value is -2.60. The van der Waals surface area contributed by atoms with E-state index in [2.05, 4.69) is 0 Å². The summed E-state index contributed by atoms with van der Waals surface area (Å²) in [7, 11) is 0. The molecule has 6 nitrogen and oxygen atoms in total. The molecule has 126 valence electrons. The maximum Gasteiger partial charge on any atom is 0.344 e. The van der Waals surface area contributed by atoms with Crippen molar-refractivity contribution >= 4 is 23.3 Å². The van der Waals surface area contributed by atoms with Gasteiger partial charge in [-0.05, 0) is 54.8 Å². The first-order valence-electron chi connectivity index (χ1n) is 7.15. The summed E-state index contributed by atoms with van der Waals surface area (Å²) in [4.78, 5) is 21.9. The van der Waals surface area contributed by atoms with E-state index >= 15 is 0 Å². The smallest absolute Gasteiger partial charge is 0.344 e. The Kier molecular flexibility index (Phi) is 5.76. The zero-order valence-corrected chi connectivity index (χ0v) is 14.0. The summed E-state index contributed by atoms with van der Waals surface area (Å²) in [6, 6.07) is 9.32. The summed E-state index contributed by atoms with van der Waals surface area (Å²) in [5, 5.41) is 11.2. The molecule has 7 heteroatoms. The molecular formula is C17H16ClNO5. The van der Waals surface area contributed by atoms with E-state index < -0.39 is 10.9 Å². The molecule has 2 rings (SSSR count). The van der Waals surface area contributed by atoms with Gasteiger partial charge in [-0.3, -0.25) is 10.1 Å². The van der Waals surface area contributed by atoms with Crippen LogP contribution in [-0.2, 0) is 16.1 Å². The fourth-order valence-corrected chi connectivity index (χ4v) is 2.50. The number of hydrogen-bond acceptors (Lipinski definition) is 5. The molecule has 2 aromatic rings. The number of ether oxygens (including phenoxy) is 2. The van der Waals surface area contributed by atoms with Gasteiger partial charge in [0.2, 0.25) is 0 Å². The second-order valence-electron chi connectivity index (χ2n) is 5.24. The van der Waals surface area contributed by atoms with E-state index in [4.69, 9.17) is 21.1 Å². The largest absolute Gasteiger partial charge is 0.481 e. The lowest BCUT2D eigenvalue weighted by Gasteiger charge is -2.12. The van der Waals surface area contributed by atoms with Crippen molar-refractivity contribution in [2.75, 3.05) is 6.61 Å². The maximum atomic E-state index is 11.8. The van der Waals surface area contributed by atoms with Crippen LogP contribution >= 0.6 is 11.6 Å². The number of non-ortho nitro benzene ring substituents is 1. The van der Waals surface area contributed by atoms with Crippen LogP contribution in [0, 0.1) is 24.0 Å². The van der Waals surface area contributed by atoms with Crippen LogP contribution in [-0.4, -0.2) is 17.5 Å². The Bertz CT molecular complexity index is 735. The van der Waals surface area contributed by atoms with Crippen molar-refractivity contribution in [2.24, 2.45) is 0 Å². The van der Waals surface area contributed by atoms with Gasteiger partial charge in [0.1, 0.15) is 12.4 Å². The summed E-state index contributed by atoms with van der Waals surface area (Å²) >= 11 is 5.94. The molecule has 2 aromatic carbocycles. The van der Waals surface area contributed by atoms with Gasteiger partial charge in [0.25, 0.3) is 5.69 Å². The van der Waals surface area contributed by atoms with Crippen LogP contribution in [0.15, 0.2) is 36.4 Å². The predicted molar refractivity (Wildman–Crippen MR) is 89.3 cm³/mol. The van der Waals surface area contributed by atoms with E-state index in [1.54, 1.807) is 24.3 Å². The third-order valence-electron chi connectivity index (χ3n) is 3.31. The zero-order valence-electron chi connectivity index (χ0n) is 13.2. The number of esters is 1. The van der Waals surface area contributed by atoms with Crippen LogP contribution in [0.25, 0.3) is 0 Å². The molecule has 0 aliphatic carbocycles. The van der Waals surface area contributed by atoms with Crippen molar-refractivity contribution in [3.8, 4) is 5.75 Å². The van der Waals surface area contributed by atoms with Crippen LogP contribution in [0.1, 0.15) is 16.7 Å². The Balaban J connectivity index is 1.87. The highest BCUT2D eigenvalue weighted by Crippen LogP contribution is 2.27. The summed E-state index contributed by atoms with van der Waals surface area (Å²) in [6.07, 6.45) is 0. The number of carbonyl (C=O) groups excluding carboxylic acids is 1. The first-order valence-corrected chi connectivity index (χ1v) is 7.53. The number of nitro groups is 1. The summed E-state index contributed by atoms with van der Waals surface area (Å²) in [5.74, 6) is 0.0776. The van der Waals surface area contributed by atoms with Crippen molar-refractivity contribution in [2.45, 2.75) is 20.5 Å². The van der Waals surface area contributed by atoms with E-state index in [0.29, 0.717) is 16.3 Å². The Labute approximate surface area is 144 Å². The molecule has 0 aliphatic heterocycles. The summed E-state index contributed by atoms with van der Waals surface area (Å²) in [6.45, 7) is 3.49. The first-order chi connectivity index (χ1) is 11.4. The molecule has 0 fully saturated rings. The highest BCUT2D eigenvalue weighted by molar-refractivity contribution is 6.30. The quantitative estimate of drug-likeness (QED) is 0.447. The lowest BCUT2D eigenvalue weighted by atomic mass is 10.1. The highest BCUT2D eigenvalue weighted by atomic mass is 35.5. The Morgan fingerprint density at radius 2 is 1.75 bits per heavy atom. The average Bonchev–Trinajstić information content (AvgIpc) is 2.52. The third-order valence-corrected chi connectivity index (χ3v) is 3.52. The van der Waals surface area contributed by atoms with Gasteiger partial charge < -0.3 is 9.47 Å². The van der Waals surface area contributed by atoms with Crippen LogP contribution in [0.3, 0.4) is 0 Å². The van der Waals surface area contributed by atoms with Gasteiger partial charge in [0.05, 0.1) is 4.92 Å². The van der Waals surface area contributed by atoms with Crippen LogP contribution in [0.5, 0.6) is 5.75 Å². The molecular weight excluding hydrogens is 334 g/mol. The number of nitro benzene ring substituents is 1.